The summed E-state index contributed by atoms with van der Waals surface area (Å²) >= 11 is 1.83. The first-order valence-electron chi connectivity index (χ1n) is 12.1. The number of aryl methyl sites for hydroxylation is 1. The number of hydrogen-bond donors (Lipinski definition) is 1. The van der Waals surface area contributed by atoms with Crippen molar-refractivity contribution in [1.82, 2.24) is 0 Å². The van der Waals surface area contributed by atoms with Gasteiger partial charge in [-0.25, -0.2) is 0 Å². The molecule has 0 fully saturated rings. The second-order valence-electron chi connectivity index (χ2n) is 10.2. The van der Waals surface area contributed by atoms with Crippen LogP contribution in [0.25, 0.3) is 12.2 Å². The summed E-state index contributed by atoms with van der Waals surface area (Å²) in [5.41, 5.74) is 11.5. The zero-order valence-corrected chi connectivity index (χ0v) is 22.2. The average Bonchev–Trinajstić information content (AvgIpc) is 3.27. The Morgan fingerprint density at radius 1 is 0.912 bits per heavy atom. The van der Waals surface area contributed by atoms with Gasteiger partial charge in [0.05, 0.1) is 6.10 Å². The Morgan fingerprint density at radius 2 is 1.59 bits per heavy atom. The van der Waals surface area contributed by atoms with E-state index >= 15 is 0 Å². The fraction of sp³-hybridized carbons (Fsp3) is 0.355. The molecule has 3 aromatic rings. The lowest BCUT2D eigenvalue weighted by Gasteiger charge is -2.29. The Bertz CT molecular complexity index is 1080. The predicted molar refractivity (Wildman–Crippen MR) is 149 cm³/mol. The van der Waals surface area contributed by atoms with Crippen molar-refractivity contribution in [2.24, 2.45) is 11.1 Å². The Hall–Kier alpha value is -2.46. The Kier molecular flexibility index (Phi) is 9.07. The second-order valence-corrected chi connectivity index (χ2v) is 11.4. The largest absolute Gasteiger partial charge is 0.376 e. The van der Waals surface area contributed by atoms with E-state index in [0.717, 1.165) is 6.42 Å². The molecule has 0 bridgehead atoms. The molecule has 0 aliphatic heterocycles. The molecule has 0 saturated heterocycles. The lowest BCUT2D eigenvalue weighted by molar-refractivity contribution is 0.0152. The average molecular weight is 474 g/mol. The summed E-state index contributed by atoms with van der Waals surface area (Å²) in [6.07, 6.45) is 9.65. The van der Waals surface area contributed by atoms with Crippen LogP contribution in [0.1, 0.15) is 71.7 Å². The molecule has 0 radical (unpaired) electrons. The van der Waals surface area contributed by atoms with Crippen LogP contribution in [0.3, 0.4) is 0 Å². The molecule has 0 spiro atoms. The Balaban J connectivity index is 1.56. The molecule has 0 amide bonds. The molecule has 2 N–H and O–H groups in total. The fourth-order valence-electron chi connectivity index (χ4n) is 4.11. The SMILES string of the molecule is COC(c1ccc(CC(N)/C=C/c2ccc(C(C)/C=C/c3ccc(C)cc3)s2)cc1)C(C)(C)C. The number of hydrogen-bond acceptors (Lipinski definition) is 3. The van der Waals surface area contributed by atoms with Crippen LogP contribution in [0.4, 0.5) is 0 Å². The maximum Gasteiger partial charge on any atom is 0.0869 e. The third-order valence-electron chi connectivity index (χ3n) is 6.03. The molecule has 0 saturated carbocycles. The van der Waals surface area contributed by atoms with E-state index in [1.54, 1.807) is 7.11 Å². The van der Waals surface area contributed by atoms with Gasteiger partial charge in [-0.15, -0.1) is 11.3 Å². The van der Waals surface area contributed by atoms with Crippen LogP contribution in [0.15, 0.2) is 72.8 Å². The van der Waals surface area contributed by atoms with E-state index < -0.39 is 0 Å². The van der Waals surface area contributed by atoms with Crippen molar-refractivity contribution in [2.75, 3.05) is 7.11 Å². The van der Waals surface area contributed by atoms with E-state index in [2.05, 4.69) is 120 Å². The van der Waals surface area contributed by atoms with Crippen LogP contribution in [-0.2, 0) is 11.2 Å². The number of nitrogens with two attached hydrogens (primary N) is 1. The van der Waals surface area contributed by atoms with Gasteiger partial charge in [0.1, 0.15) is 0 Å². The van der Waals surface area contributed by atoms with Gasteiger partial charge in [-0.05, 0) is 53.7 Å². The van der Waals surface area contributed by atoms with Gasteiger partial charge in [0.15, 0.2) is 0 Å². The first-order chi connectivity index (χ1) is 16.2. The lowest BCUT2D eigenvalue weighted by Crippen LogP contribution is -2.21. The Labute approximate surface area is 210 Å². The van der Waals surface area contributed by atoms with Gasteiger partial charge in [-0.1, -0.05) is 100 Å². The van der Waals surface area contributed by atoms with Crippen molar-refractivity contribution >= 4 is 23.5 Å². The minimum atomic E-state index is -0.0175. The quantitative estimate of drug-likeness (QED) is 0.340. The normalized spacial score (nSPS) is 15.1. The summed E-state index contributed by atoms with van der Waals surface area (Å²) in [4.78, 5) is 2.60. The smallest absolute Gasteiger partial charge is 0.0869 e. The molecule has 3 unspecified atom stereocenters. The first-order valence-corrected chi connectivity index (χ1v) is 12.9. The molecule has 180 valence electrons. The fourth-order valence-corrected chi connectivity index (χ4v) is 5.06. The number of ether oxygens (including phenoxy) is 1. The van der Waals surface area contributed by atoms with Gasteiger partial charge in [-0.3, -0.25) is 0 Å². The van der Waals surface area contributed by atoms with Gasteiger partial charge in [-0.2, -0.15) is 0 Å². The summed E-state index contributed by atoms with van der Waals surface area (Å²) in [5, 5.41) is 0. The summed E-state index contributed by atoms with van der Waals surface area (Å²) in [6.45, 7) is 11.0. The molecule has 1 heterocycles. The van der Waals surface area contributed by atoms with Crippen molar-refractivity contribution in [1.29, 1.82) is 0 Å². The zero-order valence-electron chi connectivity index (χ0n) is 21.4. The molecule has 2 aromatic carbocycles. The summed E-state index contributed by atoms with van der Waals surface area (Å²) in [7, 11) is 1.78. The van der Waals surface area contributed by atoms with E-state index in [1.807, 2.05) is 11.3 Å². The highest BCUT2D eigenvalue weighted by atomic mass is 32.1. The predicted octanol–water partition coefficient (Wildman–Crippen LogP) is 8.19. The number of thiophene rings is 1. The highest BCUT2D eigenvalue weighted by molar-refractivity contribution is 7.13. The van der Waals surface area contributed by atoms with Crippen molar-refractivity contribution in [3.05, 3.63) is 105 Å². The molecule has 0 aliphatic rings. The monoisotopic (exact) mass is 473 g/mol. The summed E-state index contributed by atoms with van der Waals surface area (Å²) in [5.74, 6) is 0.379. The molecule has 1 aromatic heterocycles. The van der Waals surface area contributed by atoms with Gasteiger partial charge in [0, 0.05) is 28.8 Å². The molecule has 2 nitrogen and oxygen atoms in total. The van der Waals surface area contributed by atoms with Crippen molar-refractivity contribution in [2.45, 2.75) is 59.1 Å². The van der Waals surface area contributed by atoms with E-state index in [4.69, 9.17) is 10.5 Å². The van der Waals surface area contributed by atoms with Gasteiger partial charge < -0.3 is 10.5 Å². The lowest BCUT2D eigenvalue weighted by atomic mass is 9.84. The summed E-state index contributed by atoms with van der Waals surface area (Å²) in [6, 6.07) is 21.7. The van der Waals surface area contributed by atoms with E-state index in [1.165, 1.54) is 32.0 Å². The third kappa shape index (κ3) is 7.53. The van der Waals surface area contributed by atoms with Gasteiger partial charge >= 0.3 is 0 Å². The van der Waals surface area contributed by atoms with Crippen LogP contribution in [-0.4, -0.2) is 13.2 Å². The number of benzene rings is 2. The van der Waals surface area contributed by atoms with Crippen molar-refractivity contribution in [3.8, 4) is 0 Å². The molecular weight excluding hydrogens is 434 g/mol. The first kappa shape index (κ1) is 26.2. The Morgan fingerprint density at radius 3 is 2.21 bits per heavy atom. The van der Waals surface area contributed by atoms with Gasteiger partial charge in [0.25, 0.3) is 0 Å². The highest BCUT2D eigenvalue weighted by Crippen LogP contribution is 2.35. The maximum atomic E-state index is 6.42. The van der Waals surface area contributed by atoms with E-state index in [0.29, 0.717) is 5.92 Å². The standard InChI is InChI=1S/C31H39NOS/c1-22-7-10-24(11-8-22)12-9-23(2)29-20-19-28(34-29)18-17-27(32)21-25-13-15-26(16-14-25)30(33-6)31(3,4)5/h7-20,23,27,30H,21,32H2,1-6H3/b12-9+,18-17+. The number of methoxy groups -OCH3 is 1. The maximum absolute atomic E-state index is 6.42. The summed E-state index contributed by atoms with van der Waals surface area (Å²) < 4.78 is 5.73. The molecule has 3 atom stereocenters. The van der Waals surface area contributed by atoms with Crippen LogP contribution in [0.5, 0.6) is 0 Å². The highest BCUT2D eigenvalue weighted by Gasteiger charge is 2.25. The third-order valence-corrected chi connectivity index (χ3v) is 7.29. The van der Waals surface area contributed by atoms with E-state index in [9.17, 15) is 0 Å². The minimum Gasteiger partial charge on any atom is -0.376 e. The zero-order chi connectivity index (χ0) is 24.7. The van der Waals surface area contributed by atoms with Crippen LogP contribution >= 0.6 is 11.3 Å². The van der Waals surface area contributed by atoms with Crippen LogP contribution < -0.4 is 5.73 Å². The molecule has 3 heteroatoms. The van der Waals surface area contributed by atoms with Crippen molar-refractivity contribution < 1.29 is 4.74 Å². The topological polar surface area (TPSA) is 35.2 Å². The van der Waals surface area contributed by atoms with Crippen molar-refractivity contribution in [3.63, 3.8) is 0 Å². The van der Waals surface area contributed by atoms with E-state index in [-0.39, 0.29) is 17.6 Å². The van der Waals surface area contributed by atoms with Gasteiger partial charge in [0.2, 0.25) is 0 Å². The molecule has 0 aliphatic carbocycles. The van der Waals surface area contributed by atoms with Crippen LogP contribution in [0, 0.1) is 12.3 Å². The number of rotatable bonds is 9. The molecule has 34 heavy (non-hydrogen) atoms. The molecule has 3 rings (SSSR count). The minimum absolute atomic E-state index is 0.0175. The molecular formula is C31H39NOS. The number of allylic oxidation sites excluding steroid dienone is 1. The second kappa shape index (κ2) is 11.8. The van der Waals surface area contributed by atoms with Crippen LogP contribution in [0.2, 0.25) is 0 Å².